The van der Waals surface area contributed by atoms with Crippen molar-refractivity contribution >= 4 is 23.2 Å². The number of nitrogens with zero attached hydrogens (tertiary/aromatic N) is 1. The second kappa shape index (κ2) is 8.17. The molecule has 2 heterocycles. The van der Waals surface area contributed by atoms with Crippen molar-refractivity contribution in [1.82, 2.24) is 10.2 Å². The molecule has 2 aliphatic heterocycles. The summed E-state index contributed by atoms with van der Waals surface area (Å²) in [6.45, 7) is 4.51. The van der Waals surface area contributed by atoms with Crippen molar-refractivity contribution in [3.8, 4) is 0 Å². The van der Waals surface area contributed by atoms with Gasteiger partial charge < -0.3 is 10.1 Å². The fourth-order valence-corrected chi connectivity index (χ4v) is 4.28. The maximum Gasteiger partial charge on any atom is 0.0730 e. The van der Waals surface area contributed by atoms with E-state index >= 15 is 0 Å². The molecule has 2 aliphatic rings. The van der Waals surface area contributed by atoms with Gasteiger partial charge >= 0.3 is 0 Å². The van der Waals surface area contributed by atoms with E-state index in [9.17, 15) is 0 Å². The molecule has 3 nitrogen and oxygen atoms in total. The zero-order valence-electron chi connectivity index (χ0n) is 13.7. The standard InChI is InChI=1S/C18H26Cl2N2O/c1-23-18-12-22(15-4-7-21-8-5-15)9-6-14(18)10-13-2-3-16(19)17(20)11-13/h2-3,11,14-15,18,21H,4-10,12H2,1H3/t14-,18-/m1/s1. The molecule has 0 unspecified atom stereocenters. The molecule has 1 N–H and O–H groups in total. The zero-order chi connectivity index (χ0) is 16.2. The molecule has 2 atom stereocenters. The lowest BCUT2D eigenvalue weighted by molar-refractivity contribution is -0.0285. The Labute approximate surface area is 149 Å². The molecule has 2 fully saturated rings. The van der Waals surface area contributed by atoms with Gasteiger partial charge in [0.25, 0.3) is 0 Å². The number of methoxy groups -OCH3 is 1. The van der Waals surface area contributed by atoms with Crippen LogP contribution in [0.4, 0.5) is 0 Å². The van der Waals surface area contributed by atoms with Crippen LogP contribution >= 0.6 is 23.2 Å². The van der Waals surface area contributed by atoms with Gasteiger partial charge in [0, 0.05) is 19.7 Å². The molecule has 1 aromatic rings. The number of ether oxygens (including phenoxy) is 1. The fourth-order valence-electron chi connectivity index (χ4n) is 3.96. The lowest BCUT2D eigenvalue weighted by atomic mass is 9.86. The summed E-state index contributed by atoms with van der Waals surface area (Å²) in [6.07, 6.45) is 5.01. The van der Waals surface area contributed by atoms with Crippen LogP contribution in [0.15, 0.2) is 18.2 Å². The number of hydrogen-bond acceptors (Lipinski definition) is 3. The summed E-state index contributed by atoms with van der Waals surface area (Å²) in [5.74, 6) is 0.551. The lowest BCUT2D eigenvalue weighted by Crippen LogP contribution is -2.52. The molecule has 1 aromatic carbocycles. The second-order valence-electron chi connectivity index (χ2n) is 6.75. The van der Waals surface area contributed by atoms with Crippen LogP contribution in [0.25, 0.3) is 0 Å². The molecule has 0 bridgehead atoms. The molecule has 0 spiro atoms. The van der Waals surface area contributed by atoms with Crippen LogP contribution in [0.3, 0.4) is 0 Å². The number of hydrogen-bond donors (Lipinski definition) is 1. The van der Waals surface area contributed by atoms with Gasteiger partial charge in [-0.15, -0.1) is 0 Å². The molecule has 0 aliphatic carbocycles. The van der Waals surface area contributed by atoms with Crippen molar-refractivity contribution < 1.29 is 4.74 Å². The average Bonchev–Trinajstić information content (AvgIpc) is 2.59. The van der Waals surface area contributed by atoms with E-state index in [1.807, 2.05) is 19.2 Å². The quantitative estimate of drug-likeness (QED) is 0.891. The Kier molecular flexibility index (Phi) is 6.22. The molecule has 0 saturated carbocycles. The zero-order valence-corrected chi connectivity index (χ0v) is 15.2. The second-order valence-corrected chi connectivity index (χ2v) is 7.57. The first-order chi connectivity index (χ1) is 11.2. The summed E-state index contributed by atoms with van der Waals surface area (Å²) in [6, 6.07) is 6.70. The number of halogens is 2. The van der Waals surface area contributed by atoms with E-state index in [2.05, 4.69) is 16.3 Å². The Balaban J connectivity index is 1.61. The van der Waals surface area contributed by atoms with E-state index < -0.39 is 0 Å². The predicted octanol–water partition coefficient (Wildman–Crippen LogP) is 3.62. The lowest BCUT2D eigenvalue weighted by Gasteiger charge is -2.43. The smallest absolute Gasteiger partial charge is 0.0730 e. The highest BCUT2D eigenvalue weighted by Crippen LogP contribution is 2.29. The maximum atomic E-state index is 6.15. The van der Waals surface area contributed by atoms with Crippen LogP contribution in [-0.2, 0) is 11.2 Å². The SMILES string of the molecule is CO[C@@H]1CN(C2CCNCC2)CC[C@@H]1Cc1ccc(Cl)c(Cl)c1. The first-order valence-electron chi connectivity index (χ1n) is 8.59. The van der Waals surface area contributed by atoms with Gasteiger partial charge in [0.2, 0.25) is 0 Å². The summed E-state index contributed by atoms with van der Waals surface area (Å²) in [4.78, 5) is 2.64. The Morgan fingerprint density at radius 2 is 1.96 bits per heavy atom. The van der Waals surface area contributed by atoms with Crippen LogP contribution in [0.2, 0.25) is 10.0 Å². The van der Waals surface area contributed by atoms with Crippen LogP contribution in [0, 0.1) is 5.92 Å². The summed E-state index contributed by atoms with van der Waals surface area (Å²) >= 11 is 12.2. The predicted molar refractivity (Wildman–Crippen MR) is 96.5 cm³/mol. The van der Waals surface area contributed by atoms with Gasteiger partial charge in [0.05, 0.1) is 16.1 Å². The highest BCUT2D eigenvalue weighted by atomic mass is 35.5. The van der Waals surface area contributed by atoms with Gasteiger partial charge in [0.15, 0.2) is 0 Å². The van der Waals surface area contributed by atoms with E-state index in [4.69, 9.17) is 27.9 Å². The van der Waals surface area contributed by atoms with Crippen LogP contribution < -0.4 is 5.32 Å². The Morgan fingerprint density at radius 3 is 2.65 bits per heavy atom. The maximum absolute atomic E-state index is 6.15. The average molecular weight is 357 g/mol. The first kappa shape index (κ1) is 17.5. The summed E-state index contributed by atoms with van der Waals surface area (Å²) in [5.41, 5.74) is 1.25. The van der Waals surface area contributed by atoms with Crippen LogP contribution in [-0.4, -0.2) is 50.3 Å². The topological polar surface area (TPSA) is 24.5 Å². The van der Waals surface area contributed by atoms with Crippen molar-refractivity contribution in [3.05, 3.63) is 33.8 Å². The van der Waals surface area contributed by atoms with E-state index in [0.29, 0.717) is 22.1 Å². The van der Waals surface area contributed by atoms with E-state index in [0.717, 1.165) is 32.1 Å². The Bertz CT molecular complexity index is 520. The van der Waals surface area contributed by atoms with Gasteiger partial charge in [0.1, 0.15) is 0 Å². The third-order valence-electron chi connectivity index (χ3n) is 5.34. The summed E-state index contributed by atoms with van der Waals surface area (Å²) in [7, 11) is 1.85. The Hall–Kier alpha value is -0.320. The largest absolute Gasteiger partial charge is 0.380 e. The fraction of sp³-hybridized carbons (Fsp3) is 0.667. The van der Waals surface area contributed by atoms with Crippen molar-refractivity contribution in [2.24, 2.45) is 5.92 Å². The summed E-state index contributed by atoms with van der Waals surface area (Å²) < 4.78 is 5.83. The molecule has 0 radical (unpaired) electrons. The molecule has 3 rings (SSSR count). The highest BCUT2D eigenvalue weighted by molar-refractivity contribution is 6.42. The van der Waals surface area contributed by atoms with E-state index in [-0.39, 0.29) is 0 Å². The molecule has 0 amide bonds. The van der Waals surface area contributed by atoms with Crippen molar-refractivity contribution in [3.63, 3.8) is 0 Å². The molecule has 0 aromatic heterocycles. The minimum absolute atomic E-state index is 0.299. The van der Waals surface area contributed by atoms with Gasteiger partial charge in [-0.25, -0.2) is 0 Å². The van der Waals surface area contributed by atoms with Crippen molar-refractivity contribution in [2.45, 2.75) is 37.8 Å². The van der Waals surface area contributed by atoms with Gasteiger partial charge in [-0.05, 0) is 68.9 Å². The van der Waals surface area contributed by atoms with Crippen molar-refractivity contribution in [1.29, 1.82) is 0 Å². The minimum atomic E-state index is 0.299. The molecular formula is C18H26Cl2N2O. The minimum Gasteiger partial charge on any atom is -0.380 e. The van der Waals surface area contributed by atoms with E-state index in [1.54, 1.807) is 0 Å². The van der Waals surface area contributed by atoms with Crippen LogP contribution in [0.5, 0.6) is 0 Å². The van der Waals surface area contributed by atoms with Crippen LogP contribution in [0.1, 0.15) is 24.8 Å². The van der Waals surface area contributed by atoms with Gasteiger partial charge in [-0.3, -0.25) is 4.90 Å². The normalized spacial score (nSPS) is 27.3. The third kappa shape index (κ3) is 4.40. The van der Waals surface area contributed by atoms with E-state index in [1.165, 1.54) is 31.4 Å². The molecular weight excluding hydrogens is 331 g/mol. The first-order valence-corrected chi connectivity index (χ1v) is 9.34. The number of rotatable bonds is 4. The summed E-state index contributed by atoms with van der Waals surface area (Å²) in [5, 5.41) is 4.72. The molecule has 5 heteroatoms. The monoisotopic (exact) mass is 356 g/mol. The Morgan fingerprint density at radius 1 is 1.17 bits per heavy atom. The number of benzene rings is 1. The number of nitrogens with one attached hydrogen (secondary N) is 1. The highest BCUT2D eigenvalue weighted by Gasteiger charge is 2.33. The molecule has 2 saturated heterocycles. The van der Waals surface area contributed by atoms with Gasteiger partial charge in [-0.2, -0.15) is 0 Å². The number of likely N-dealkylation sites (tertiary alicyclic amines) is 1. The molecule has 23 heavy (non-hydrogen) atoms. The number of piperidine rings is 2. The van der Waals surface area contributed by atoms with Gasteiger partial charge in [-0.1, -0.05) is 29.3 Å². The van der Waals surface area contributed by atoms with Crippen molar-refractivity contribution in [2.75, 3.05) is 33.3 Å². The third-order valence-corrected chi connectivity index (χ3v) is 6.08. The molecule has 128 valence electrons.